The molecule has 0 bridgehead atoms. The molecule has 1 saturated heterocycles. The third kappa shape index (κ3) is 3.67. The number of hydrogen-bond donors (Lipinski definition) is 1. The van der Waals surface area contributed by atoms with E-state index < -0.39 is 0 Å². The third-order valence-corrected chi connectivity index (χ3v) is 7.09. The smallest absolute Gasteiger partial charge is 0.241 e. The Labute approximate surface area is 188 Å². The molecule has 2 aliphatic heterocycles. The second kappa shape index (κ2) is 8.07. The van der Waals surface area contributed by atoms with Gasteiger partial charge in [0.15, 0.2) is 0 Å². The molecule has 0 unspecified atom stereocenters. The summed E-state index contributed by atoms with van der Waals surface area (Å²) < 4.78 is 0. The van der Waals surface area contributed by atoms with E-state index >= 15 is 0 Å². The van der Waals surface area contributed by atoms with Gasteiger partial charge in [0.25, 0.3) is 0 Å². The number of nitrogens with zero attached hydrogens (tertiary/aromatic N) is 5. The Morgan fingerprint density at radius 2 is 1.91 bits per heavy atom. The van der Waals surface area contributed by atoms with Crippen molar-refractivity contribution in [3.63, 3.8) is 0 Å². The van der Waals surface area contributed by atoms with Gasteiger partial charge in [0.05, 0.1) is 12.6 Å². The highest BCUT2D eigenvalue weighted by molar-refractivity contribution is 5.94. The molecule has 5 rings (SSSR count). The summed E-state index contributed by atoms with van der Waals surface area (Å²) in [6.07, 6.45) is 5.78. The van der Waals surface area contributed by atoms with E-state index in [9.17, 15) is 9.59 Å². The van der Waals surface area contributed by atoms with E-state index in [4.69, 9.17) is 0 Å². The first-order valence-electron chi connectivity index (χ1n) is 11.4. The molecule has 1 N–H and O–H groups in total. The van der Waals surface area contributed by atoms with Crippen LogP contribution in [0.5, 0.6) is 0 Å². The summed E-state index contributed by atoms with van der Waals surface area (Å²) in [5.74, 6) is 1.49. The molecular formula is C24H30N6O2. The molecule has 1 saturated carbocycles. The second-order valence-corrected chi connectivity index (χ2v) is 9.25. The van der Waals surface area contributed by atoms with Crippen LogP contribution in [-0.4, -0.2) is 59.4 Å². The number of carbonyl (C=O) groups excluding carboxylic acids is 2. The highest BCUT2D eigenvalue weighted by atomic mass is 16.2. The molecule has 2 fully saturated rings. The number of hydrogen-bond acceptors (Lipinski definition) is 6. The zero-order chi connectivity index (χ0) is 22.4. The van der Waals surface area contributed by atoms with E-state index in [1.165, 1.54) is 0 Å². The van der Waals surface area contributed by atoms with Crippen molar-refractivity contribution in [3.8, 4) is 0 Å². The van der Waals surface area contributed by atoms with E-state index in [0.717, 1.165) is 36.3 Å². The number of fused-ring (bicyclic) bond motifs is 1. The summed E-state index contributed by atoms with van der Waals surface area (Å²) in [6.45, 7) is 5.74. The van der Waals surface area contributed by atoms with Crippen molar-refractivity contribution in [2.45, 2.75) is 38.8 Å². The van der Waals surface area contributed by atoms with Crippen molar-refractivity contribution in [1.29, 1.82) is 0 Å². The highest BCUT2D eigenvalue weighted by Gasteiger charge is 2.47. The summed E-state index contributed by atoms with van der Waals surface area (Å²) in [6, 6.07) is 8.16. The molecule has 32 heavy (non-hydrogen) atoms. The van der Waals surface area contributed by atoms with Crippen LogP contribution < -0.4 is 15.1 Å². The van der Waals surface area contributed by atoms with E-state index in [1.54, 1.807) is 30.3 Å². The van der Waals surface area contributed by atoms with E-state index in [-0.39, 0.29) is 29.8 Å². The van der Waals surface area contributed by atoms with Crippen molar-refractivity contribution in [2.24, 2.45) is 11.8 Å². The minimum atomic E-state index is -0.0308. The zero-order valence-electron chi connectivity index (χ0n) is 18.9. The van der Waals surface area contributed by atoms with Gasteiger partial charge in [-0.1, -0.05) is 6.92 Å². The van der Waals surface area contributed by atoms with Gasteiger partial charge in [0.2, 0.25) is 17.8 Å². The van der Waals surface area contributed by atoms with Crippen molar-refractivity contribution in [1.82, 2.24) is 14.9 Å². The minimum absolute atomic E-state index is 0.0308. The lowest BCUT2D eigenvalue weighted by atomic mass is 9.79. The molecule has 3 heterocycles. The number of benzene rings is 1. The summed E-state index contributed by atoms with van der Waals surface area (Å²) >= 11 is 0. The fourth-order valence-corrected chi connectivity index (χ4v) is 5.24. The van der Waals surface area contributed by atoms with Gasteiger partial charge < -0.3 is 20.0 Å². The Balaban J connectivity index is 1.57. The Morgan fingerprint density at radius 3 is 2.56 bits per heavy atom. The van der Waals surface area contributed by atoms with E-state index in [0.29, 0.717) is 25.0 Å². The van der Waals surface area contributed by atoms with Crippen LogP contribution in [0.3, 0.4) is 0 Å². The van der Waals surface area contributed by atoms with Crippen molar-refractivity contribution < 1.29 is 9.59 Å². The Bertz CT molecular complexity index is 1020. The summed E-state index contributed by atoms with van der Waals surface area (Å²) in [4.78, 5) is 39.8. The monoisotopic (exact) mass is 434 g/mol. The van der Waals surface area contributed by atoms with Gasteiger partial charge >= 0.3 is 0 Å². The van der Waals surface area contributed by atoms with Gasteiger partial charge in [0, 0.05) is 68.4 Å². The maximum atomic E-state index is 12.8. The predicted molar refractivity (Wildman–Crippen MR) is 124 cm³/mol. The Morgan fingerprint density at radius 1 is 1.16 bits per heavy atom. The molecule has 2 aromatic rings. The number of nitrogens with one attached hydrogen (secondary N) is 1. The number of piperazine rings is 1. The molecule has 8 nitrogen and oxygen atoms in total. The molecule has 1 aliphatic carbocycles. The Hall–Kier alpha value is -3.16. The van der Waals surface area contributed by atoms with Crippen LogP contribution in [0.2, 0.25) is 0 Å². The van der Waals surface area contributed by atoms with Crippen LogP contribution in [0.15, 0.2) is 36.7 Å². The molecule has 168 valence electrons. The quantitative estimate of drug-likeness (QED) is 0.797. The lowest BCUT2D eigenvalue weighted by molar-refractivity contribution is -0.129. The fraction of sp³-hybridized carbons (Fsp3) is 0.500. The Kier molecular flexibility index (Phi) is 5.23. The third-order valence-electron chi connectivity index (χ3n) is 7.09. The number of carbonyl (C=O) groups is 2. The van der Waals surface area contributed by atoms with Crippen LogP contribution in [0.1, 0.15) is 38.3 Å². The second-order valence-electron chi connectivity index (χ2n) is 9.25. The van der Waals surface area contributed by atoms with Gasteiger partial charge in [0.1, 0.15) is 0 Å². The van der Waals surface area contributed by atoms with Gasteiger partial charge in [-0.05, 0) is 43.0 Å². The first-order chi connectivity index (χ1) is 15.4. The SMILES string of the molecule is CC(=O)N1c2ccc(N3CCN(C)C(=O)C3)cc2[C@H](Nc2ncccn2)[C@@H](C)[C@@H]1C1CC1. The van der Waals surface area contributed by atoms with Gasteiger partial charge in [-0.3, -0.25) is 9.59 Å². The number of amides is 2. The number of likely N-dealkylation sites (N-methyl/N-ethyl adjacent to an activating group) is 1. The van der Waals surface area contributed by atoms with E-state index in [1.807, 2.05) is 18.0 Å². The van der Waals surface area contributed by atoms with Crippen LogP contribution >= 0.6 is 0 Å². The molecular weight excluding hydrogens is 404 g/mol. The summed E-state index contributed by atoms with van der Waals surface area (Å²) in [5, 5.41) is 3.55. The zero-order valence-corrected chi connectivity index (χ0v) is 18.9. The van der Waals surface area contributed by atoms with Gasteiger partial charge in [-0.25, -0.2) is 9.97 Å². The summed E-state index contributed by atoms with van der Waals surface area (Å²) in [7, 11) is 1.84. The minimum Gasteiger partial charge on any atom is -0.360 e. The van der Waals surface area contributed by atoms with Gasteiger partial charge in [-0.15, -0.1) is 0 Å². The maximum absolute atomic E-state index is 12.8. The highest BCUT2D eigenvalue weighted by Crippen LogP contribution is 2.50. The average molecular weight is 435 g/mol. The first kappa shape index (κ1) is 20.7. The van der Waals surface area contributed by atoms with Crippen LogP contribution in [-0.2, 0) is 9.59 Å². The summed E-state index contributed by atoms with van der Waals surface area (Å²) in [5.41, 5.74) is 3.01. The van der Waals surface area contributed by atoms with Crippen LogP contribution in [0, 0.1) is 11.8 Å². The number of aromatic nitrogens is 2. The molecule has 0 radical (unpaired) electrons. The normalized spacial score (nSPS) is 25.5. The molecule has 3 aliphatic rings. The lowest BCUT2D eigenvalue weighted by Gasteiger charge is -2.46. The predicted octanol–water partition coefficient (Wildman–Crippen LogP) is 2.69. The lowest BCUT2D eigenvalue weighted by Crippen LogP contribution is -2.51. The van der Waals surface area contributed by atoms with Crippen LogP contribution in [0.4, 0.5) is 17.3 Å². The molecule has 1 aromatic carbocycles. The average Bonchev–Trinajstić information content (AvgIpc) is 3.62. The number of anilines is 3. The largest absolute Gasteiger partial charge is 0.360 e. The molecule has 3 atom stereocenters. The fourth-order valence-electron chi connectivity index (χ4n) is 5.24. The molecule has 0 spiro atoms. The molecule has 1 aromatic heterocycles. The molecule has 2 amide bonds. The number of rotatable bonds is 4. The van der Waals surface area contributed by atoms with Crippen molar-refractivity contribution in [2.75, 3.05) is 41.8 Å². The van der Waals surface area contributed by atoms with Crippen molar-refractivity contribution in [3.05, 3.63) is 42.2 Å². The first-order valence-corrected chi connectivity index (χ1v) is 11.4. The van der Waals surface area contributed by atoms with Gasteiger partial charge in [-0.2, -0.15) is 0 Å². The van der Waals surface area contributed by atoms with Crippen molar-refractivity contribution >= 4 is 29.1 Å². The van der Waals surface area contributed by atoms with Crippen LogP contribution in [0.25, 0.3) is 0 Å². The maximum Gasteiger partial charge on any atom is 0.241 e. The topological polar surface area (TPSA) is 81.7 Å². The standard InChI is InChI=1S/C24H30N6O2/c1-15-22(27-24-25-9-4-10-26-24)19-13-18(29-12-11-28(3)21(32)14-29)7-8-20(19)30(16(2)31)23(15)17-5-6-17/h4,7-10,13,15,17,22-23H,5-6,11-12,14H2,1-3H3,(H,25,26,27)/t15-,22-,23-/m1/s1. The van der Waals surface area contributed by atoms with E-state index in [2.05, 4.69) is 39.2 Å². The molecule has 8 heteroatoms.